The molecule has 3 heterocycles. The van der Waals surface area contributed by atoms with Crippen molar-refractivity contribution in [3.63, 3.8) is 0 Å². The van der Waals surface area contributed by atoms with Crippen molar-refractivity contribution >= 4 is 27.5 Å². The first kappa shape index (κ1) is 11.6. The van der Waals surface area contributed by atoms with Crippen molar-refractivity contribution in [2.75, 3.05) is 0 Å². The lowest BCUT2D eigenvalue weighted by Gasteiger charge is -2.02. The minimum Gasteiger partial charge on any atom is -0.340 e. The van der Waals surface area contributed by atoms with E-state index in [9.17, 15) is 0 Å². The predicted molar refractivity (Wildman–Crippen MR) is 92.2 cm³/mol. The number of rotatable bonds is 1. The molecule has 2 aromatic carbocycles. The van der Waals surface area contributed by atoms with E-state index in [-0.39, 0.29) is 0 Å². The summed E-state index contributed by atoms with van der Waals surface area (Å²) in [5, 5.41) is 2.58. The van der Waals surface area contributed by atoms with Gasteiger partial charge < -0.3 is 9.38 Å². The van der Waals surface area contributed by atoms with Crippen molar-refractivity contribution in [1.29, 1.82) is 0 Å². The molecule has 0 atom stereocenters. The van der Waals surface area contributed by atoms with Gasteiger partial charge in [0.15, 0.2) is 0 Å². The Bertz CT molecular complexity index is 1110. The molecule has 0 amide bonds. The minimum absolute atomic E-state index is 1.16. The Kier molecular flexibility index (Phi) is 2.25. The molecule has 0 unspecified atom stereocenters. The van der Waals surface area contributed by atoms with Crippen LogP contribution in [0.3, 0.4) is 0 Å². The first-order chi connectivity index (χ1) is 10.9. The number of pyridine rings is 1. The van der Waals surface area contributed by atoms with Crippen LogP contribution in [0.15, 0.2) is 79.0 Å². The van der Waals surface area contributed by atoms with Crippen molar-refractivity contribution in [3.8, 4) is 11.1 Å². The monoisotopic (exact) mass is 282 g/mol. The fraction of sp³-hybridized carbons (Fsp3) is 0. The van der Waals surface area contributed by atoms with Gasteiger partial charge in [0.1, 0.15) is 5.65 Å². The normalized spacial score (nSPS) is 11.6. The lowest BCUT2D eigenvalue weighted by molar-refractivity contribution is 1.22. The van der Waals surface area contributed by atoms with Crippen LogP contribution in [0.4, 0.5) is 0 Å². The number of fused-ring (bicyclic) bond motifs is 5. The number of nitrogens with zero attached hydrogens (tertiary/aromatic N) is 1. The van der Waals surface area contributed by atoms with Crippen LogP contribution in [-0.4, -0.2) is 9.38 Å². The summed E-state index contributed by atoms with van der Waals surface area (Å²) >= 11 is 0. The molecule has 22 heavy (non-hydrogen) atoms. The lowest BCUT2D eigenvalue weighted by atomic mass is 10.0. The van der Waals surface area contributed by atoms with E-state index in [1.165, 1.54) is 32.9 Å². The highest BCUT2D eigenvalue weighted by atomic mass is 15.0. The van der Waals surface area contributed by atoms with Gasteiger partial charge in [-0.3, -0.25) is 0 Å². The number of hydrogen-bond donors (Lipinski definition) is 1. The van der Waals surface area contributed by atoms with Crippen LogP contribution in [0.1, 0.15) is 0 Å². The minimum atomic E-state index is 1.16. The van der Waals surface area contributed by atoms with Gasteiger partial charge in [-0.05, 0) is 23.8 Å². The Hall–Kier alpha value is -3.00. The summed E-state index contributed by atoms with van der Waals surface area (Å²) in [5.41, 5.74) is 6.14. The molecule has 2 heteroatoms. The van der Waals surface area contributed by atoms with Crippen molar-refractivity contribution in [1.82, 2.24) is 9.38 Å². The standard InChI is InChI=1S/C20H14N2/c1-2-8-14(9-3-1)18-17-12-6-7-13-22(17)20-19(18)15-10-4-5-11-16(15)21-20/h1-13,21H. The number of para-hydroxylation sites is 1. The maximum absolute atomic E-state index is 3.57. The van der Waals surface area contributed by atoms with Crippen LogP contribution >= 0.6 is 0 Å². The molecule has 0 radical (unpaired) electrons. The van der Waals surface area contributed by atoms with Crippen LogP contribution in [0, 0.1) is 0 Å². The average molecular weight is 282 g/mol. The van der Waals surface area contributed by atoms with Gasteiger partial charge >= 0.3 is 0 Å². The zero-order chi connectivity index (χ0) is 14.5. The maximum atomic E-state index is 3.57. The molecular weight excluding hydrogens is 268 g/mol. The smallest absolute Gasteiger partial charge is 0.123 e. The van der Waals surface area contributed by atoms with E-state index in [1.807, 2.05) is 0 Å². The Morgan fingerprint density at radius 1 is 0.727 bits per heavy atom. The molecule has 0 aliphatic rings. The van der Waals surface area contributed by atoms with Gasteiger partial charge in [-0.1, -0.05) is 54.6 Å². The zero-order valence-corrected chi connectivity index (χ0v) is 12.0. The Morgan fingerprint density at radius 3 is 2.41 bits per heavy atom. The maximum Gasteiger partial charge on any atom is 0.123 e. The summed E-state index contributed by atoms with van der Waals surface area (Å²) in [5.74, 6) is 0. The fourth-order valence-corrected chi connectivity index (χ4v) is 3.43. The summed E-state index contributed by atoms with van der Waals surface area (Å²) in [6.07, 6.45) is 2.12. The molecule has 0 bridgehead atoms. The van der Waals surface area contributed by atoms with Gasteiger partial charge in [-0.2, -0.15) is 0 Å². The SMILES string of the molecule is c1ccc(-c2c3c4ccccc4[nH]c3n3ccccc23)cc1. The van der Waals surface area contributed by atoms with Crippen LogP contribution in [0.5, 0.6) is 0 Å². The molecule has 0 aliphatic carbocycles. The molecule has 104 valence electrons. The van der Waals surface area contributed by atoms with E-state index in [4.69, 9.17) is 0 Å². The first-order valence-electron chi connectivity index (χ1n) is 7.48. The fourth-order valence-electron chi connectivity index (χ4n) is 3.43. The second-order valence-corrected chi connectivity index (χ2v) is 5.59. The third kappa shape index (κ3) is 1.44. The number of H-pyrrole nitrogens is 1. The molecule has 2 nitrogen and oxygen atoms in total. The van der Waals surface area contributed by atoms with Crippen LogP contribution in [-0.2, 0) is 0 Å². The largest absolute Gasteiger partial charge is 0.340 e. The molecule has 5 rings (SSSR count). The van der Waals surface area contributed by atoms with E-state index in [0.29, 0.717) is 0 Å². The summed E-state index contributed by atoms with van der Waals surface area (Å²) < 4.78 is 2.25. The summed E-state index contributed by atoms with van der Waals surface area (Å²) in [4.78, 5) is 3.57. The summed E-state index contributed by atoms with van der Waals surface area (Å²) in [6.45, 7) is 0. The van der Waals surface area contributed by atoms with Crippen molar-refractivity contribution in [2.45, 2.75) is 0 Å². The van der Waals surface area contributed by atoms with Gasteiger partial charge in [0, 0.05) is 28.0 Å². The molecule has 0 saturated heterocycles. The molecule has 3 aromatic heterocycles. The zero-order valence-electron chi connectivity index (χ0n) is 12.0. The van der Waals surface area contributed by atoms with Crippen LogP contribution < -0.4 is 0 Å². The Labute approximate surface area is 127 Å². The predicted octanol–water partition coefficient (Wildman–Crippen LogP) is 5.24. The first-order valence-corrected chi connectivity index (χ1v) is 7.48. The molecule has 0 fully saturated rings. The molecule has 0 aliphatic heterocycles. The lowest BCUT2D eigenvalue weighted by Crippen LogP contribution is -1.83. The van der Waals surface area contributed by atoms with Gasteiger partial charge in [-0.15, -0.1) is 0 Å². The number of aromatic nitrogens is 2. The highest BCUT2D eigenvalue weighted by Gasteiger charge is 2.17. The molecular formula is C20H14N2. The topological polar surface area (TPSA) is 20.2 Å². The Balaban J connectivity index is 2.08. The van der Waals surface area contributed by atoms with Crippen LogP contribution in [0.2, 0.25) is 0 Å². The highest BCUT2D eigenvalue weighted by molar-refractivity contribution is 6.18. The molecule has 5 aromatic rings. The quantitative estimate of drug-likeness (QED) is 0.434. The summed E-state index contributed by atoms with van der Waals surface area (Å²) in [6, 6.07) is 25.5. The number of benzene rings is 2. The third-order valence-corrected chi connectivity index (χ3v) is 4.36. The van der Waals surface area contributed by atoms with Gasteiger partial charge in [0.25, 0.3) is 0 Å². The van der Waals surface area contributed by atoms with E-state index >= 15 is 0 Å². The number of aromatic amines is 1. The van der Waals surface area contributed by atoms with Crippen molar-refractivity contribution < 1.29 is 0 Å². The molecule has 0 saturated carbocycles. The number of hydrogen-bond acceptors (Lipinski definition) is 0. The van der Waals surface area contributed by atoms with Gasteiger partial charge in [-0.25, -0.2) is 0 Å². The molecule has 1 N–H and O–H groups in total. The van der Waals surface area contributed by atoms with Gasteiger partial charge in [0.2, 0.25) is 0 Å². The van der Waals surface area contributed by atoms with E-state index in [0.717, 1.165) is 5.65 Å². The summed E-state index contributed by atoms with van der Waals surface area (Å²) in [7, 11) is 0. The highest BCUT2D eigenvalue weighted by Crippen LogP contribution is 2.39. The van der Waals surface area contributed by atoms with E-state index in [1.54, 1.807) is 0 Å². The van der Waals surface area contributed by atoms with Gasteiger partial charge in [0.05, 0.1) is 5.52 Å². The van der Waals surface area contributed by atoms with E-state index in [2.05, 4.69) is 88.4 Å². The third-order valence-electron chi connectivity index (χ3n) is 4.36. The second kappa shape index (κ2) is 4.25. The molecule has 0 spiro atoms. The average Bonchev–Trinajstić information content (AvgIpc) is 3.10. The number of nitrogens with one attached hydrogen (secondary N) is 1. The van der Waals surface area contributed by atoms with Crippen molar-refractivity contribution in [2.24, 2.45) is 0 Å². The van der Waals surface area contributed by atoms with E-state index < -0.39 is 0 Å². The second-order valence-electron chi connectivity index (χ2n) is 5.59. The van der Waals surface area contributed by atoms with Crippen LogP contribution in [0.25, 0.3) is 38.6 Å². The van der Waals surface area contributed by atoms with Crippen molar-refractivity contribution in [3.05, 3.63) is 79.0 Å². The Morgan fingerprint density at radius 2 is 1.50 bits per heavy atom.